The van der Waals surface area contributed by atoms with Gasteiger partial charge in [-0.2, -0.15) is 0 Å². The van der Waals surface area contributed by atoms with Gasteiger partial charge in [0.15, 0.2) is 0 Å². The highest BCUT2D eigenvalue weighted by molar-refractivity contribution is 5.75. The number of rotatable bonds is 6. The van der Waals surface area contributed by atoms with Gasteiger partial charge in [-0.3, -0.25) is 0 Å². The molecule has 0 amide bonds. The molecule has 1 fully saturated rings. The van der Waals surface area contributed by atoms with E-state index in [9.17, 15) is 4.79 Å². The minimum atomic E-state index is 0.0298. The molecule has 3 heteroatoms. The minimum Gasteiger partial charge on any atom is -0.491 e. The Morgan fingerprint density at radius 1 is 1.32 bits per heavy atom. The zero-order chi connectivity index (χ0) is 13.9. The maximum atomic E-state index is 11.2. The smallest absolute Gasteiger partial charge is 0.129 e. The Labute approximate surface area is 114 Å². The van der Waals surface area contributed by atoms with Gasteiger partial charge in [0.05, 0.1) is 19.3 Å². The van der Waals surface area contributed by atoms with Gasteiger partial charge in [0.1, 0.15) is 11.5 Å². The van der Waals surface area contributed by atoms with Crippen molar-refractivity contribution in [3.8, 4) is 5.75 Å². The molecule has 1 aromatic carbocycles. The molecule has 1 aromatic rings. The van der Waals surface area contributed by atoms with E-state index in [0.29, 0.717) is 19.6 Å². The normalized spacial score (nSPS) is 17.1. The molecule has 0 saturated carbocycles. The molecule has 0 spiro atoms. The number of carbonyl (C=O) groups is 1. The third kappa shape index (κ3) is 3.35. The average Bonchev–Trinajstić information content (AvgIpc) is 2.28. The van der Waals surface area contributed by atoms with Crippen LogP contribution >= 0.6 is 0 Å². The van der Waals surface area contributed by atoms with E-state index in [4.69, 9.17) is 9.47 Å². The molecule has 0 atom stereocenters. The van der Waals surface area contributed by atoms with Crippen molar-refractivity contribution in [1.29, 1.82) is 0 Å². The summed E-state index contributed by atoms with van der Waals surface area (Å²) in [5.41, 5.74) is 1.28. The fourth-order valence-electron chi connectivity index (χ4n) is 2.38. The molecule has 0 N–H and O–H groups in total. The number of ether oxygens (including phenoxy) is 2. The van der Waals surface area contributed by atoms with Gasteiger partial charge < -0.3 is 14.3 Å². The summed E-state index contributed by atoms with van der Waals surface area (Å²) < 4.78 is 11.0. The number of hydrogen-bond donors (Lipinski definition) is 0. The highest BCUT2D eigenvalue weighted by atomic mass is 16.5. The van der Waals surface area contributed by atoms with E-state index >= 15 is 0 Å². The minimum absolute atomic E-state index is 0.0298. The molecule has 1 heterocycles. The highest BCUT2D eigenvalue weighted by Crippen LogP contribution is 2.37. The fraction of sp³-hybridized carbons (Fsp3) is 0.562. The van der Waals surface area contributed by atoms with E-state index in [-0.39, 0.29) is 17.3 Å². The van der Waals surface area contributed by atoms with Crippen molar-refractivity contribution in [3.63, 3.8) is 0 Å². The molecule has 0 aliphatic carbocycles. The number of Topliss-reactive ketones (excluding diaryl/α,β-unsaturated/α-hetero) is 1. The van der Waals surface area contributed by atoms with E-state index in [0.717, 1.165) is 12.2 Å². The molecule has 104 valence electrons. The Kier molecular flexibility index (Phi) is 4.25. The lowest BCUT2D eigenvalue weighted by atomic mass is 9.74. The number of hydrogen-bond acceptors (Lipinski definition) is 3. The quantitative estimate of drug-likeness (QED) is 0.790. The van der Waals surface area contributed by atoms with Crippen molar-refractivity contribution >= 4 is 5.78 Å². The first kappa shape index (κ1) is 14.1. The molecular formula is C16H22O3. The van der Waals surface area contributed by atoms with E-state index in [1.54, 1.807) is 6.92 Å². The second kappa shape index (κ2) is 5.74. The van der Waals surface area contributed by atoms with E-state index in [1.165, 1.54) is 5.56 Å². The fourth-order valence-corrected chi connectivity index (χ4v) is 2.38. The Morgan fingerprint density at radius 3 is 2.37 bits per heavy atom. The molecule has 2 rings (SSSR count). The summed E-state index contributed by atoms with van der Waals surface area (Å²) in [7, 11) is 0. The van der Waals surface area contributed by atoms with E-state index < -0.39 is 0 Å². The van der Waals surface area contributed by atoms with Crippen LogP contribution in [0.25, 0.3) is 0 Å². The largest absolute Gasteiger partial charge is 0.491 e. The number of benzene rings is 1. The first-order chi connectivity index (χ1) is 9.02. The average molecular weight is 262 g/mol. The van der Waals surface area contributed by atoms with Crippen molar-refractivity contribution in [1.82, 2.24) is 0 Å². The maximum Gasteiger partial charge on any atom is 0.129 e. The van der Waals surface area contributed by atoms with Gasteiger partial charge in [-0.05, 0) is 44.9 Å². The summed E-state index contributed by atoms with van der Waals surface area (Å²) >= 11 is 0. The van der Waals surface area contributed by atoms with Gasteiger partial charge in [0, 0.05) is 11.8 Å². The van der Waals surface area contributed by atoms with E-state index in [2.05, 4.69) is 12.1 Å². The maximum absolute atomic E-state index is 11.2. The summed E-state index contributed by atoms with van der Waals surface area (Å²) in [5, 5.41) is 0. The van der Waals surface area contributed by atoms with Crippen LogP contribution in [-0.2, 0) is 14.9 Å². The molecule has 0 radical (unpaired) electrons. The van der Waals surface area contributed by atoms with Gasteiger partial charge >= 0.3 is 0 Å². The third-order valence-electron chi connectivity index (χ3n) is 3.55. The van der Waals surface area contributed by atoms with Crippen LogP contribution in [0.5, 0.6) is 5.75 Å². The number of ketones is 1. The van der Waals surface area contributed by atoms with Crippen molar-refractivity contribution in [2.75, 3.05) is 13.2 Å². The molecule has 19 heavy (non-hydrogen) atoms. The molecule has 1 aliphatic rings. The van der Waals surface area contributed by atoms with Crippen molar-refractivity contribution < 1.29 is 14.3 Å². The summed E-state index contributed by atoms with van der Waals surface area (Å²) in [6.45, 7) is 7.10. The van der Waals surface area contributed by atoms with Crippen LogP contribution in [0, 0.1) is 0 Å². The SMILES string of the molecule is CC(=O)CCC1(c2ccc(OC(C)C)cc2)COC1. The second-order valence-corrected chi connectivity index (χ2v) is 5.67. The van der Waals surface area contributed by atoms with Crippen LogP contribution in [0.3, 0.4) is 0 Å². The summed E-state index contributed by atoms with van der Waals surface area (Å²) in [4.78, 5) is 11.2. The summed E-state index contributed by atoms with van der Waals surface area (Å²) in [6.07, 6.45) is 1.67. The van der Waals surface area contributed by atoms with Crippen molar-refractivity contribution in [2.45, 2.75) is 45.1 Å². The van der Waals surface area contributed by atoms with Gasteiger partial charge in [-0.25, -0.2) is 0 Å². The first-order valence-corrected chi connectivity index (χ1v) is 6.86. The van der Waals surface area contributed by atoms with Crippen molar-refractivity contribution in [3.05, 3.63) is 29.8 Å². The predicted octanol–water partition coefficient (Wildman–Crippen LogP) is 3.11. The lowest BCUT2D eigenvalue weighted by Gasteiger charge is -2.42. The van der Waals surface area contributed by atoms with Crippen LogP contribution in [0.1, 0.15) is 39.2 Å². The molecule has 0 unspecified atom stereocenters. The summed E-state index contributed by atoms with van der Waals surface area (Å²) in [6, 6.07) is 8.20. The first-order valence-electron chi connectivity index (χ1n) is 6.86. The van der Waals surface area contributed by atoms with Crippen LogP contribution < -0.4 is 4.74 Å². The van der Waals surface area contributed by atoms with Gasteiger partial charge in [-0.1, -0.05) is 12.1 Å². The molecule has 1 saturated heterocycles. The topological polar surface area (TPSA) is 35.5 Å². The van der Waals surface area contributed by atoms with E-state index in [1.807, 2.05) is 26.0 Å². The zero-order valence-corrected chi connectivity index (χ0v) is 11.9. The molecule has 0 aromatic heterocycles. The highest BCUT2D eigenvalue weighted by Gasteiger charge is 2.40. The Balaban J connectivity index is 2.08. The second-order valence-electron chi connectivity index (χ2n) is 5.67. The van der Waals surface area contributed by atoms with Gasteiger partial charge in [-0.15, -0.1) is 0 Å². The molecule has 3 nitrogen and oxygen atoms in total. The van der Waals surface area contributed by atoms with Crippen LogP contribution in [-0.4, -0.2) is 25.1 Å². The lowest BCUT2D eigenvalue weighted by Crippen LogP contribution is -2.46. The van der Waals surface area contributed by atoms with Gasteiger partial charge in [0.2, 0.25) is 0 Å². The molecule has 1 aliphatic heterocycles. The van der Waals surface area contributed by atoms with Gasteiger partial charge in [0.25, 0.3) is 0 Å². The Bertz CT molecular complexity index is 430. The monoisotopic (exact) mass is 262 g/mol. The number of carbonyl (C=O) groups excluding carboxylic acids is 1. The predicted molar refractivity (Wildman–Crippen MR) is 74.6 cm³/mol. The standard InChI is InChI=1S/C16H22O3/c1-12(2)19-15-6-4-14(5-7-15)16(10-18-11-16)9-8-13(3)17/h4-7,12H,8-11H2,1-3H3. The van der Waals surface area contributed by atoms with Crippen LogP contribution in [0.4, 0.5) is 0 Å². The van der Waals surface area contributed by atoms with Crippen molar-refractivity contribution in [2.24, 2.45) is 0 Å². The zero-order valence-electron chi connectivity index (χ0n) is 11.9. The molecular weight excluding hydrogens is 240 g/mol. The Morgan fingerprint density at radius 2 is 1.95 bits per heavy atom. The lowest BCUT2D eigenvalue weighted by molar-refractivity contribution is -0.119. The third-order valence-corrected chi connectivity index (χ3v) is 3.55. The summed E-state index contributed by atoms with van der Waals surface area (Å²) in [5.74, 6) is 1.13. The van der Waals surface area contributed by atoms with Crippen LogP contribution in [0.15, 0.2) is 24.3 Å². The molecule has 0 bridgehead atoms. The Hall–Kier alpha value is -1.35. The van der Waals surface area contributed by atoms with Crippen LogP contribution in [0.2, 0.25) is 0 Å².